The molecule has 0 aromatic rings. The summed E-state index contributed by atoms with van der Waals surface area (Å²) in [4.78, 5) is 0. The number of rotatable bonds is 0. The van der Waals surface area contributed by atoms with Gasteiger partial charge in [0.1, 0.15) is 0 Å². The molecule has 6 atom stereocenters. The monoisotopic (exact) mass is 324 g/mol. The van der Waals surface area contributed by atoms with Crippen LogP contribution in [-0.2, 0) is 0 Å². The SMILES string of the molecule is C[C@]12C[C@H](O)[C@H]3[C@@H](CC=C4CC(O)(O)CC[C@@H]43)[C@@H]1CCC2(O)O. The summed E-state index contributed by atoms with van der Waals surface area (Å²) >= 11 is 0. The molecule has 0 heterocycles. The van der Waals surface area contributed by atoms with Crippen LogP contribution in [0.3, 0.4) is 0 Å². The van der Waals surface area contributed by atoms with Crippen LogP contribution in [0.15, 0.2) is 11.6 Å². The molecule has 130 valence electrons. The normalized spacial score (nSPS) is 50.5. The first kappa shape index (κ1) is 16.0. The Morgan fingerprint density at radius 2 is 1.83 bits per heavy atom. The quantitative estimate of drug-likeness (QED) is 0.336. The highest BCUT2D eigenvalue weighted by atomic mass is 16.5. The fraction of sp³-hybridized carbons (Fsp3) is 0.889. The maximum absolute atomic E-state index is 10.8. The average molecular weight is 324 g/mol. The summed E-state index contributed by atoms with van der Waals surface area (Å²) < 4.78 is 0. The van der Waals surface area contributed by atoms with Gasteiger partial charge >= 0.3 is 0 Å². The molecule has 5 nitrogen and oxygen atoms in total. The smallest absolute Gasteiger partial charge is 0.168 e. The molecule has 0 spiro atoms. The van der Waals surface area contributed by atoms with Gasteiger partial charge < -0.3 is 25.5 Å². The molecule has 0 aromatic carbocycles. The third kappa shape index (κ3) is 2.17. The molecule has 23 heavy (non-hydrogen) atoms. The lowest BCUT2D eigenvalue weighted by Gasteiger charge is -2.56. The molecule has 0 amide bonds. The number of allylic oxidation sites excluding steroid dienone is 1. The van der Waals surface area contributed by atoms with Crippen LogP contribution in [0.2, 0.25) is 0 Å². The summed E-state index contributed by atoms with van der Waals surface area (Å²) in [5.74, 6) is -2.53. The third-order valence-electron chi connectivity index (χ3n) is 7.56. The summed E-state index contributed by atoms with van der Waals surface area (Å²) in [5, 5.41) is 51.5. The summed E-state index contributed by atoms with van der Waals surface area (Å²) in [6, 6.07) is 0. The Hall–Kier alpha value is -0.460. The molecule has 0 radical (unpaired) electrons. The van der Waals surface area contributed by atoms with Gasteiger partial charge in [-0.25, -0.2) is 0 Å². The first-order valence-corrected chi connectivity index (χ1v) is 8.91. The van der Waals surface area contributed by atoms with Crippen LogP contribution in [0.4, 0.5) is 0 Å². The van der Waals surface area contributed by atoms with Crippen molar-refractivity contribution in [3.05, 3.63) is 11.6 Å². The zero-order valence-corrected chi connectivity index (χ0v) is 13.6. The Kier molecular flexibility index (Phi) is 3.34. The second kappa shape index (κ2) is 4.79. The minimum absolute atomic E-state index is 0.109. The fourth-order valence-corrected chi connectivity index (χ4v) is 6.34. The summed E-state index contributed by atoms with van der Waals surface area (Å²) in [5.41, 5.74) is 0.424. The van der Waals surface area contributed by atoms with Crippen LogP contribution in [0.1, 0.15) is 51.9 Å². The molecule has 5 heteroatoms. The average Bonchev–Trinajstić information content (AvgIpc) is 2.67. The molecular formula is C18H28O5. The maximum atomic E-state index is 10.8. The van der Waals surface area contributed by atoms with Crippen molar-refractivity contribution >= 4 is 0 Å². The maximum Gasteiger partial charge on any atom is 0.168 e. The van der Waals surface area contributed by atoms with Crippen molar-refractivity contribution in [1.82, 2.24) is 0 Å². The standard InChI is InChI=1S/C18H28O5/c1-16-9-14(19)15-11-4-6-17(20,21)8-10(11)2-3-12(15)13(16)5-7-18(16,22)23/h2,11-15,19-23H,3-9H2,1H3/t11-,12-,13-,14-,15+,16-/m0/s1. The number of aliphatic hydroxyl groups is 5. The fourth-order valence-electron chi connectivity index (χ4n) is 6.34. The Morgan fingerprint density at radius 1 is 1.09 bits per heavy atom. The summed E-state index contributed by atoms with van der Waals surface area (Å²) in [6.45, 7) is 1.91. The number of hydrogen-bond donors (Lipinski definition) is 5. The number of aliphatic hydroxyl groups excluding tert-OH is 1. The largest absolute Gasteiger partial charge is 0.393 e. The van der Waals surface area contributed by atoms with E-state index in [9.17, 15) is 25.5 Å². The Balaban J connectivity index is 1.68. The predicted octanol–water partition coefficient (Wildman–Crippen LogP) is 0.892. The predicted molar refractivity (Wildman–Crippen MR) is 82.8 cm³/mol. The number of hydrogen-bond acceptors (Lipinski definition) is 5. The second-order valence-corrected chi connectivity index (χ2v) is 8.71. The third-order valence-corrected chi connectivity index (χ3v) is 7.56. The molecule has 0 aromatic heterocycles. The van der Waals surface area contributed by atoms with Crippen LogP contribution >= 0.6 is 0 Å². The van der Waals surface area contributed by atoms with Gasteiger partial charge in [-0.05, 0) is 49.4 Å². The van der Waals surface area contributed by atoms with Gasteiger partial charge in [0.2, 0.25) is 0 Å². The first-order chi connectivity index (χ1) is 10.6. The van der Waals surface area contributed by atoms with E-state index in [0.29, 0.717) is 25.7 Å². The van der Waals surface area contributed by atoms with Crippen molar-refractivity contribution < 1.29 is 25.5 Å². The van der Waals surface area contributed by atoms with E-state index in [0.717, 1.165) is 18.4 Å². The lowest BCUT2D eigenvalue weighted by molar-refractivity contribution is -0.258. The van der Waals surface area contributed by atoms with E-state index < -0.39 is 23.1 Å². The van der Waals surface area contributed by atoms with Crippen molar-refractivity contribution in [1.29, 1.82) is 0 Å². The van der Waals surface area contributed by atoms with Crippen LogP contribution in [0.25, 0.3) is 0 Å². The lowest BCUT2D eigenvalue weighted by Crippen LogP contribution is -2.57. The van der Waals surface area contributed by atoms with Gasteiger partial charge in [-0.15, -0.1) is 0 Å². The van der Waals surface area contributed by atoms with Gasteiger partial charge in [0.25, 0.3) is 0 Å². The molecule has 5 N–H and O–H groups in total. The lowest BCUT2D eigenvalue weighted by atomic mass is 9.51. The zero-order valence-electron chi connectivity index (χ0n) is 13.6. The van der Waals surface area contributed by atoms with Crippen LogP contribution < -0.4 is 0 Å². The highest BCUT2D eigenvalue weighted by Crippen LogP contribution is 2.64. The molecule has 3 saturated carbocycles. The molecule has 0 aliphatic heterocycles. The van der Waals surface area contributed by atoms with Crippen molar-refractivity contribution in [2.45, 2.75) is 69.5 Å². The van der Waals surface area contributed by atoms with Gasteiger partial charge in [0.15, 0.2) is 11.6 Å². The van der Waals surface area contributed by atoms with Crippen molar-refractivity contribution in [3.8, 4) is 0 Å². The molecule has 4 aliphatic rings. The molecule has 4 aliphatic carbocycles. The van der Waals surface area contributed by atoms with E-state index in [-0.39, 0.29) is 30.1 Å². The van der Waals surface area contributed by atoms with E-state index in [2.05, 4.69) is 6.08 Å². The molecule has 0 unspecified atom stereocenters. The van der Waals surface area contributed by atoms with Gasteiger partial charge in [0.05, 0.1) is 6.10 Å². The van der Waals surface area contributed by atoms with Gasteiger partial charge in [-0.1, -0.05) is 18.6 Å². The van der Waals surface area contributed by atoms with Crippen molar-refractivity contribution in [2.24, 2.45) is 29.1 Å². The molecule has 0 bridgehead atoms. The minimum atomic E-state index is -1.69. The number of fused-ring (bicyclic) bond motifs is 5. The van der Waals surface area contributed by atoms with Gasteiger partial charge in [-0.3, -0.25) is 0 Å². The van der Waals surface area contributed by atoms with E-state index in [1.807, 2.05) is 6.92 Å². The van der Waals surface area contributed by atoms with Crippen LogP contribution in [0.5, 0.6) is 0 Å². The van der Waals surface area contributed by atoms with Gasteiger partial charge in [-0.2, -0.15) is 0 Å². The van der Waals surface area contributed by atoms with Crippen molar-refractivity contribution in [2.75, 3.05) is 0 Å². The van der Waals surface area contributed by atoms with Crippen molar-refractivity contribution in [3.63, 3.8) is 0 Å². The highest BCUT2D eigenvalue weighted by molar-refractivity contribution is 5.22. The first-order valence-electron chi connectivity index (χ1n) is 8.91. The molecular weight excluding hydrogens is 296 g/mol. The molecule has 0 saturated heterocycles. The van der Waals surface area contributed by atoms with Crippen LogP contribution in [0, 0.1) is 29.1 Å². The van der Waals surface area contributed by atoms with Gasteiger partial charge in [0, 0.05) is 24.7 Å². The zero-order chi connectivity index (χ0) is 16.6. The Morgan fingerprint density at radius 3 is 2.57 bits per heavy atom. The second-order valence-electron chi connectivity index (χ2n) is 8.71. The van der Waals surface area contributed by atoms with E-state index in [1.165, 1.54) is 0 Å². The van der Waals surface area contributed by atoms with Crippen LogP contribution in [-0.4, -0.2) is 43.2 Å². The summed E-state index contributed by atoms with van der Waals surface area (Å²) in [7, 11) is 0. The minimum Gasteiger partial charge on any atom is -0.393 e. The Bertz CT molecular complexity index is 540. The topological polar surface area (TPSA) is 101 Å². The molecule has 4 rings (SSSR count). The van der Waals surface area contributed by atoms with E-state index in [1.54, 1.807) is 0 Å². The Labute approximate surface area is 136 Å². The van der Waals surface area contributed by atoms with E-state index >= 15 is 0 Å². The highest BCUT2D eigenvalue weighted by Gasteiger charge is 2.64. The van der Waals surface area contributed by atoms with E-state index in [4.69, 9.17) is 0 Å². The molecule has 3 fully saturated rings. The summed E-state index contributed by atoms with van der Waals surface area (Å²) in [6.07, 6.45) is 5.24.